The molecule has 3 rings (SSSR count). The van der Waals surface area contributed by atoms with Gasteiger partial charge in [0, 0.05) is 25.6 Å². The van der Waals surface area contributed by atoms with Crippen LogP contribution in [0.15, 0.2) is 6.07 Å². The molecule has 0 radical (unpaired) electrons. The van der Waals surface area contributed by atoms with Gasteiger partial charge >= 0.3 is 6.03 Å². The second-order valence-corrected chi connectivity index (χ2v) is 7.32. The van der Waals surface area contributed by atoms with Crippen molar-refractivity contribution in [3.8, 4) is 0 Å². The zero-order valence-corrected chi connectivity index (χ0v) is 15.7. The molecule has 1 fully saturated rings. The van der Waals surface area contributed by atoms with E-state index in [4.69, 9.17) is 4.74 Å². The SMILES string of the molecule is CC(C)C(=O)N1CCn2nc(CNC(=O)NCC3CCCCO3)cc2C1. The molecule has 1 saturated heterocycles. The van der Waals surface area contributed by atoms with Crippen LogP contribution in [0.5, 0.6) is 0 Å². The molecule has 2 aliphatic heterocycles. The van der Waals surface area contributed by atoms with Crippen molar-refractivity contribution in [3.63, 3.8) is 0 Å². The number of amides is 3. The van der Waals surface area contributed by atoms with E-state index in [2.05, 4.69) is 15.7 Å². The summed E-state index contributed by atoms with van der Waals surface area (Å²) in [6.45, 7) is 7.48. The van der Waals surface area contributed by atoms with Crippen LogP contribution in [0.2, 0.25) is 0 Å². The monoisotopic (exact) mass is 363 g/mol. The van der Waals surface area contributed by atoms with Crippen molar-refractivity contribution in [3.05, 3.63) is 17.5 Å². The minimum Gasteiger partial charge on any atom is -0.376 e. The molecule has 0 saturated carbocycles. The normalized spacial score (nSPS) is 20.0. The molecular weight excluding hydrogens is 334 g/mol. The van der Waals surface area contributed by atoms with Gasteiger partial charge < -0.3 is 20.3 Å². The number of fused-ring (bicyclic) bond motifs is 1. The fourth-order valence-electron chi connectivity index (χ4n) is 3.37. The molecule has 3 heterocycles. The zero-order valence-electron chi connectivity index (χ0n) is 15.7. The lowest BCUT2D eigenvalue weighted by atomic mass is 10.1. The summed E-state index contributed by atoms with van der Waals surface area (Å²) >= 11 is 0. The van der Waals surface area contributed by atoms with Crippen LogP contribution < -0.4 is 10.6 Å². The predicted molar refractivity (Wildman–Crippen MR) is 96.3 cm³/mol. The summed E-state index contributed by atoms with van der Waals surface area (Å²) in [6, 6.07) is 1.76. The minimum atomic E-state index is -0.207. The molecule has 144 valence electrons. The van der Waals surface area contributed by atoms with Crippen LogP contribution in [0.4, 0.5) is 4.79 Å². The summed E-state index contributed by atoms with van der Waals surface area (Å²) in [4.78, 5) is 26.0. The van der Waals surface area contributed by atoms with Crippen molar-refractivity contribution in [2.45, 2.75) is 58.8 Å². The molecule has 26 heavy (non-hydrogen) atoms. The molecule has 2 N–H and O–H groups in total. The number of nitrogens with one attached hydrogen (secondary N) is 2. The summed E-state index contributed by atoms with van der Waals surface area (Å²) in [7, 11) is 0. The van der Waals surface area contributed by atoms with Crippen molar-refractivity contribution >= 4 is 11.9 Å². The molecule has 3 amide bonds. The van der Waals surface area contributed by atoms with E-state index >= 15 is 0 Å². The van der Waals surface area contributed by atoms with Gasteiger partial charge in [-0.25, -0.2) is 4.79 Å². The van der Waals surface area contributed by atoms with E-state index in [1.165, 1.54) is 0 Å². The van der Waals surface area contributed by atoms with Gasteiger partial charge in [0.15, 0.2) is 0 Å². The van der Waals surface area contributed by atoms with Crippen molar-refractivity contribution in [2.75, 3.05) is 19.7 Å². The van der Waals surface area contributed by atoms with Crippen LogP contribution in [0.25, 0.3) is 0 Å². The molecule has 1 aromatic heterocycles. The van der Waals surface area contributed by atoms with Gasteiger partial charge in [-0.3, -0.25) is 9.48 Å². The molecule has 1 unspecified atom stereocenters. The van der Waals surface area contributed by atoms with Gasteiger partial charge in [0.05, 0.1) is 37.1 Å². The van der Waals surface area contributed by atoms with Gasteiger partial charge in [-0.2, -0.15) is 5.10 Å². The molecule has 0 aromatic carbocycles. The fraction of sp³-hybridized carbons (Fsp3) is 0.722. The summed E-state index contributed by atoms with van der Waals surface area (Å²) < 4.78 is 7.53. The van der Waals surface area contributed by atoms with Gasteiger partial charge in [-0.05, 0) is 25.3 Å². The number of urea groups is 1. The third-order valence-electron chi connectivity index (χ3n) is 4.85. The first kappa shape index (κ1) is 18.7. The molecular formula is C18H29N5O3. The van der Waals surface area contributed by atoms with Crippen LogP contribution in [0, 0.1) is 5.92 Å². The maximum absolute atomic E-state index is 12.2. The number of rotatable bonds is 5. The number of hydrogen-bond acceptors (Lipinski definition) is 4. The van der Waals surface area contributed by atoms with Gasteiger partial charge in [-0.15, -0.1) is 0 Å². The van der Waals surface area contributed by atoms with Gasteiger partial charge in [0.25, 0.3) is 0 Å². The highest BCUT2D eigenvalue weighted by molar-refractivity contribution is 5.78. The third kappa shape index (κ3) is 4.75. The topological polar surface area (TPSA) is 88.5 Å². The first-order valence-electron chi connectivity index (χ1n) is 9.50. The Hall–Kier alpha value is -2.09. The average Bonchev–Trinajstić information content (AvgIpc) is 3.07. The Bertz CT molecular complexity index is 637. The molecule has 2 aliphatic rings. The van der Waals surface area contributed by atoms with Crippen LogP contribution in [0.3, 0.4) is 0 Å². The summed E-state index contributed by atoms with van der Waals surface area (Å²) in [6.07, 6.45) is 3.39. The van der Waals surface area contributed by atoms with E-state index in [1.54, 1.807) is 0 Å². The predicted octanol–water partition coefficient (Wildman–Crippen LogP) is 1.25. The first-order chi connectivity index (χ1) is 12.5. The lowest BCUT2D eigenvalue weighted by Gasteiger charge is -2.29. The van der Waals surface area contributed by atoms with E-state index in [1.807, 2.05) is 29.5 Å². The highest BCUT2D eigenvalue weighted by Gasteiger charge is 2.24. The Morgan fingerprint density at radius 1 is 1.31 bits per heavy atom. The van der Waals surface area contributed by atoms with E-state index in [9.17, 15) is 9.59 Å². The Morgan fingerprint density at radius 3 is 2.88 bits per heavy atom. The lowest BCUT2D eigenvalue weighted by Crippen LogP contribution is -2.41. The first-order valence-corrected chi connectivity index (χ1v) is 9.50. The smallest absolute Gasteiger partial charge is 0.315 e. The molecule has 1 aromatic rings. The van der Waals surface area contributed by atoms with Gasteiger partial charge in [0.2, 0.25) is 5.91 Å². The molecule has 8 heteroatoms. The Balaban J connectivity index is 1.45. The van der Waals surface area contributed by atoms with Crippen molar-refractivity contribution < 1.29 is 14.3 Å². The van der Waals surface area contributed by atoms with Crippen LogP contribution in [-0.2, 0) is 29.2 Å². The maximum Gasteiger partial charge on any atom is 0.315 e. The number of ether oxygens (including phenoxy) is 1. The molecule has 0 aliphatic carbocycles. The summed E-state index contributed by atoms with van der Waals surface area (Å²) in [5.41, 5.74) is 1.82. The van der Waals surface area contributed by atoms with E-state index < -0.39 is 0 Å². The van der Waals surface area contributed by atoms with Gasteiger partial charge in [-0.1, -0.05) is 13.8 Å². The Kier molecular flexibility index (Phi) is 6.13. The van der Waals surface area contributed by atoms with Crippen molar-refractivity contribution in [2.24, 2.45) is 5.92 Å². The minimum absolute atomic E-state index is 0.00227. The largest absolute Gasteiger partial charge is 0.376 e. The quantitative estimate of drug-likeness (QED) is 0.824. The second-order valence-electron chi connectivity index (χ2n) is 7.32. The number of hydrogen-bond donors (Lipinski definition) is 2. The average molecular weight is 363 g/mol. The molecule has 0 bridgehead atoms. The van der Waals surface area contributed by atoms with E-state index in [-0.39, 0.29) is 24.0 Å². The Labute approximate surface area is 154 Å². The Morgan fingerprint density at radius 2 is 2.15 bits per heavy atom. The second kappa shape index (κ2) is 8.53. The number of nitrogens with zero attached hydrogens (tertiary/aromatic N) is 3. The maximum atomic E-state index is 12.2. The standard InChI is InChI=1S/C18H29N5O3/c1-13(2)17(24)22-6-7-23-15(12-22)9-14(21-23)10-19-18(25)20-11-16-5-3-4-8-26-16/h9,13,16H,3-8,10-12H2,1-2H3,(H2,19,20,25). The van der Waals surface area contributed by atoms with Crippen molar-refractivity contribution in [1.82, 2.24) is 25.3 Å². The van der Waals surface area contributed by atoms with E-state index in [0.717, 1.165) is 37.3 Å². The van der Waals surface area contributed by atoms with Gasteiger partial charge in [0.1, 0.15) is 0 Å². The molecule has 8 nitrogen and oxygen atoms in total. The number of aromatic nitrogens is 2. The highest BCUT2D eigenvalue weighted by Crippen LogP contribution is 2.16. The van der Waals surface area contributed by atoms with E-state index in [0.29, 0.717) is 32.7 Å². The van der Waals surface area contributed by atoms with Crippen LogP contribution in [0.1, 0.15) is 44.5 Å². The fourth-order valence-corrected chi connectivity index (χ4v) is 3.37. The lowest BCUT2D eigenvalue weighted by molar-refractivity contribution is -0.136. The zero-order chi connectivity index (χ0) is 18.5. The summed E-state index contributed by atoms with van der Waals surface area (Å²) in [5, 5.41) is 10.2. The third-order valence-corrected chi connectivity index (χ3v) is 4.85. The number of carbonyl (C=O) groups is 2. The number of carbonyl (C=O) groups excluding carboxylic acids is 2. The molecule has 1 atom stereocenters. The van der Waals surface area contributed by atoms with Crippen LogP contribution >= 0.6 is 0 Å². The molecule has 0 spiro atoms. The van der Waals surface area contributed by atoms with Crippen LogP contribution in [-0.4, -0.2) is 52.4 Å². The highest BCUT2D eigenvalue weighted by atomic mass is 16.5. The summed E-state index contributed by atoms with van der Waals surface area (Å²) in [5.74, 6) is 0.170. The van der Waals surface area contributed by atoms with Crippen molar-refractivity contribution in [1.29, 1.82) is 0 Å².